The minimum Gasteiger partial charge on any atom is -0.398 e. The number of hydrogen-bond acceptors (Lipinski definition) is 4. The zero-order valence-electron chi connectivity index (χ0n) is 8.48. The Morgan fingerprint density at radius 3 is 2.81 bits per heavy atom. The van der Waals surface area contributed by atoms with Crippen molar-refractivity contribution in [1.82, 2.24) is 5.32 Å². The van der Waals surface area contributed by atoms with E-state index in [0.717, 1.165) is 4.47 Å². The van der Waals surface area contributed by atoms with Crippen molar-refractivity contribution in [2.45, 2.75) is 6.10 Å². The summed E-state index contributed by atoms with van der Waals surface area (Å²) in [4.78, 5) is 11.6. The first-order valence-corrected chi connectivity index (χ1v) is 5.46. The van der Waals surface area contributed by atoms with Crippen LogP contribution in [0.3, 0.4) is 0 Å². The Hall–Kier alpha value is -1.11. The number of halogens is 1. The van der Waals surface area contributed by atoms with Gasteiger partial charge in [-0.2, -0.15) is 0 Å². The molecule has 0 aliphatic rings. The highest BCUT2D eigenvalue weighted by molar-refractivity contribution is 9.10. The van der Waals surface area contributed by atoms with E-state index in [4.69, 9.17) is 15.9 Å². The van der Waals surface area contributed by atoms with Gasteiger partial charge in [0.05, 0.1) is 18.3 Å². The molecule has 88 valence electrons. The summed E-state index contributed by atoms with van der Waals surface area (Å²) in [5, 5.41) is 20.1. The second-order valence-corrected chi connectivity index (χ2v) is 4.19. The van der Waals surface area contributed by atoms with Gasteiger partial charge in [0.15, 0.2) is 0 Å². The molecule has 16 heavy (non-hydrogen) atoms. The monoisotopic (exact) mass is 288 g/mol. The smallest absolute Gasteiger partial charge is 0.253 e. The van der Waals surface area contributed by atoms with Crippen LogP contribution >= 0.6 is 15.9 Å². The van der Waals surface area contributed by atoms with Crippen LogP contribution in [-0.2, 0) is 0 Å². The molecule has 5 nitrogen and oxygen atoms in total. The Morgan fingerprint density at radius 1 is 1.56 bits per heavy atom. The molecule has 0 spiro atoms. The molecule has 0 saturated heterocycles. The van der Waals surface area contributed by atoms with E-state index in [1.165, 1.54) is 0 Å². The normalized spacial score (nSPS) is 12.2. The molecule has 6 heteroatoms. The topological polar surface area (TPSA) is 95.6 Å². The van der Waals surface area contributed by atoms with E-state index in [2.05, 4.69) is 21.2 Å². The Balaban J connectivity index is 2.66. The maximum atomic E-state index is 11.6. The van der Waals surface area contributed by atoms with Crippen molar-refractivity contribution >= 4 is 27.5 Å². The first-order valence-electron chi connectivity index (χ1n) is 4.66. The van der Waals surface area contributed by atoms with Gasteiger partial charge in [-0.1, -0.05) is 15.9 Å². The highest BCUT2D eigenvalue weighted by atomic mass is 79.9. The number of anilines is 1. The molecule has 1 rings (SSSR count). The van der Waals surface area contributed by atoms with E-state index < -0.39 is 12.7 Å². The minimum absolute atomic E-state index is 0.00909. The van der Waals surface area contributed by atoms with Gasteiger partial charge in [-0.15, -0.1) is 0 Å². The zero-order valence-corrected chi connectivity index (χ0v) is 10.1. The molecule has 0 fully saturated rings. The third-order valence-corrected chi connectivity index (χ3v) is 2.46. The fourth-order valence-electron chi connectivity index (χ4n) is 1.11. The third kappa shape index (κ3) is 3.48. The third-order valence-electron chi connectivity index (χ3n) is 1.97. The summed E-state index contributed by atoms with van der Waals surface area (Å²) in [5.74, 6) is -0.377. The van der Waals surface area contributed by atoms with Crippen LogP contribution in [0.1, 0.15) is 10.4 Å². The average molecular weight is 289 g/mol. The number of carbonyl (C=O) groups excluding carboxylic acids is 1. The maximum absolute atomic E-state index is 11.6. The fourth-order valence-corrected chi connectivity index (χ4v) is 1.49. The lowest BCUT2D eigenvalue weighted by atomic mass is 10.1. The molecule has 0 bridgehead atoms. The summed E-state index contributed by atoms with van der Waals surface area (Å²) in [7, 11) is 0. The molecule has 1 aromatic carbocycles. The zero-order chi connectivity index (χ0) is 12.1. The van der Waals surface area contributed by atoms with Crippen molar-refractivity contribution in [2.24, 2.45) is 0 Å². The Labute approximate surface area is 101 Å². The molecule has 0 radical (unpaired) electrons. The second kappa shape index (κ2) is 5.83. The van der Waals surface area contributed by atoms with E-state index in [9.17, 15) is 4.79 Å². The summed E-state index contributed by atoms with van der Waals surface area (Å²) in [5.41, 5.74) is 6.35. The van der Waals surface area contributed by atoms with E-state index >= 15 is 0 Å². The van der Waals surface area contributed by atoms with E-state index in [0.29, 0.717) is 11.3 Å². The first-order chi connectivity index (χ1) is 7.54. The molecule has 1 unspecified atom stereocenters. The van der Waals surface area contributed by atoms with E-state index in [1.54, 1.807) is 18.2 Å². The highest BCUT2D eigenvalue weighted by Gasteiger charge is 2.11. The second-order valence-electron chi connectivity index (χ2n) is 3.28. The van der Waals surface area contributed by atoms with Crippen LogP contribution in [0.15, 0.2) is 22.7 Å². The lowest BCUT2D eigenvalue weighted by Gasteiger charge is -2.10. The van der Waals surface area contributed by atoms with Crippen LogP contribution < -0.4 is 11.1 Å². The van der Waals surface area contributed by atoms with Crippen LogP contribution in [-0.4, -0.2) is 35.4 Å². The molecule has 0 aliphatic heterocycles. The van der Waals surface area contributed by atoms with E-state index in [1.807, 2.05) is 0 Å². The predicted octanol–water partition coefficient (Wildman–Crippen LogP) is 0.114. The van der Waals surface area contributed by atoms with Crippen LogP contribution in [0.4, 0.5) is 5.69 Å². The number of carbonyl (C=O) groups is 1. The van der Waals surface area contributed by atoms with Gasteiger partial charge in [0, 0.05) is 16.7 Å². The molecule has 5 N–H and O–H groups in total. The maximum Gasteiger partial charge on any atom is 0.253 e. The number of nitrogen functional groups attached to an aromatic ring is 1. The summed E-state index contributed by atoms with van der Waals surface area (Å²) in [6.45, 7) is -0.402. The van der Waals surface area contributed by atoms with Crippen LogP contribution in [0.5, 0.6) is 0 Å². The van der Waals surface area contributed by atoms with Crippen LogP contribution in [0.2, 0.25) is 0 Å². The van der Waals surface area contributed by atoms with Crippen LogP contribution in [0.25, 0.3) is 0 Å². The number of benzene rings is 1. The van der Waals surface area contributed by atoms with Crippen molar-refractivity contribution in [3.63, 3.8) is 0 Å². The lowest BCUT2D eigenvalue weighted by Crippen LogP contribution is -2.34. The largest absolute Gasteiger partial charge is 0.398 e. The highest BCUT2D eigenvalue weighted by Crippen LogP contribution is 2.18. The van der Waals surface area contributed by atoms with E-state index in [-0.39, 0.29) is 12.5 Å². The van der Waals surface area contributed by atoms with Gasteiger partial charge in [0.2, 0.25) is 0 Å². The standard InChI is InChI=1S/C10H13BrN2O3/c11-6-1-2-8(9(12)3-6)10(16)13-4-7(15)5-14/h1-3,7,14-15H,4-5,12H2,(H,13,16). The van der Waals surface area contributed by atoms with Gasteiger partial charge in [-0.25, -0.2) is 0 Å². The summed E-state index contributed by atoms with van der Waals surface area (Å²) in [6, 6.07) is 4.91. The van der Waals surface area contributed by atoms with Crippen LogP contribution in [0, 0.1) is 0 Å². The minimum atomic E-state index is -0.958. The van der Waals surface area contributed by atoms with Gasteiger partial charge in [0.1, 0.15) is 0 Å². The Morgan fingerprint density at radius 2 is 2.25 bits per heavy atom. The van der Waals surface area contributed by atoms with Gasteiger partial charge in [0.25, 0.3) is 5.91 Å². The van der Waals surface area contributed by atoms with Crippen molar-refractivity contribution in [2.75, 3.05) is 18.9 Å². The number of aliphatic hydroxyl groups excluding tert-OH is 2. The lowest BCUT2D eigenvalue weighted by molar-refractivity contribution is 0.0802. The van der Waals surface area contributed by atoms with Crippen molar-refractivity contribution in [3.8, 4) is 0 Å². The molecule has 0 heterocycles. The van der Waals surface area contributed by atoms with Gasteiger partial charge in [-0.3, -0.25) is 4.79 Å². The number of nitrogens with one attached hydrogen (secondary N) is 1. The Bertz CT molecular complexity index is 384. The summed E-state index contributed by atoms with van der Waals surface area (Å²) < 4.78 is 0.789. The molecule has 1 amide bonds. The molecule has 0 aliphatic carbocycles. The molecule has 1 aromatic rings. The van der Waals surface area contributed by atoms with Gasteiger partial charge < -0.3 is 21.3 Å². The number of aliphatic hydroxyl groups is 2. The number of hydrogen-bond donors (Lipinski definition) is 4. The first kappa shape index (κ1) is 13.0. The average Bonchev–Trinajstić information content (AvgIpc) is 2.25. The van der Waals surface area contributed by atoms with Crippen molar-refractivity contribution in [3.05, 3.63) is 28.2 Å². The fraction of sp³-hybridized carbons (Fsp3) is 0.300. The molecule has 0 saturated carbocycles. The number of nitrogens with two attached hydrogens (primary N) is 1. The molecule has 1 atom stereocenters. The van der Waals surface area contributed by atoms with Gasteiger partial charge in [-0.05, 0) is 18.2 Å². The quantitative estimate of drug-likeness (QED) is 0.592. The molecular weight excluding hydrogens is 276 g/mol. The van der Waals surface area contributed by atoms with Gasteiger partial charge >= 0.3 is 0 Å². The number of rotatable bonds is 4. The molecule has 0 aromatic heterocycles. The summed E-state index contributed by atoms with van der Waals surface area (Å²) in [6.07, 6.45) is -0.958. The molecular formula is C10H13BrN2O3. The van der Waals surface area contributed by atoms with Crippen molar-refractivity contribution in [1.29, 1.82) is 0 Å². The predicted molar refractivity (Wildman–Crippen MR) is 64.0 cm³/mol. The van der Waals surface area contributed by atoms with Crippen molar-refractivity contribution < 1.29 is 15.0 Å². The Kier molecular flexibility index (Phi) is 4.72. The summed E-state index contributed by atoms with van der Waals surface area (Å²) >= 11 is 3.23. The SMILES string of the molecule is Nc1cc(Br)ccc1C(=O)NCC(O)CO. The number of amides is 1.